The van der Waals surface area contributed by atoms with Crippen molar-refractivity contribution in [2.45, 2.75) is 19.4 Å². The minimum atomic E-state index is -0.665. The van der Waals surface area contributed by atoms with Gasteiger partial charge in [-0.05, 0) is 41.4 Å². The van der Waals surface area contributed by atoms with Crippen LogP contribution in [0.5, 0.6) is 5.75 Å². The molecule has 0 aliphatic rings. The topological polar surface area (TPSA) is 29.5 Å². The predicted octanol–water partition coefficient (Wildman–Crippen LogP) is 3.56. The maximum Gasteiger partial charge on any atom is 0.128 e. The maximum atomic E-state index is 13.2. The minimum absolute atomic E-state index is 0.357. The van der Waals surface area contributed by atoms with E-state index in [-0.39, 0.29) is 5.82 Å². The number of aliphatic hydroxyl groups is 1. The molecule has 18 heavy (non-hydrogen) atoms. The van der Waals surface area contributed by atoms with E-state index >= 15 is 0 Å². The first-order valence-corrected chi connectivity index (χ1v) is 6.72. The van der Waals surface area contributed by atoms with Gasteiger partial charge >= 0.3 is 0 Å². The van der Waals surface area contributed by atoms with Gasteiger partial charge in [0.15, 0.2) is 0 Å². The van der Waals surface area contributed by atoms with E-state index in [1.54, 1.807) is 24.3 Å². The zero-order chi connectivity index (χ0) is 13.0. The largest absolute Gasteiger partial charge is 0.493 e. The lowest BCUT2D eigenvalue weighted by atomic mass is 10.1. The molecule has 2 rings (SSSR count). The number of rotatable bonds is 5. The van der Waals surface area contributed by atoms with Gasteiger partial charge in [-0.15, -0.1) is 0 Å². The molecule has 0 saturated heterocycles. The van der Waals surface area contributed by atoms with Crippen LogP contribution < -0.4 is 4.74 Å². The molecule has 1 unspecified atom stereocenters. The quantitative estimate of drug-likeness (QED) is 0.896. The Kier molecular flexibility index (Phi) is 4.33. The average molecular weight is 266 g/mol. The third-order valence-electron chi connectivity index (χ3n) is 2.65. The average Bonchev–Trinajstić information content (AvgIpc) is 2.82. The lowest BCUT2D eigenvalue weighted by Gasteiger charge is -2.13. The lowest BCUT2D eigenvalue weighted by molar-refractivity contribution is 0.191. The fourth-order valence-electron chi connectivity index (χ4n) is 1.69. The van der Waals surface area contributed by atoms with Gasteiger partial charge in [-0.2, -0.15) is 11.3 Å². The second-order valence-electron chi connectivity index (χ2n) is 4.09. The first kappa shape index (κ1) is 13.1. The predicted molar refractivity (Wildman–Crippen MR) is 70.6 cm³/mol. The van der Waals surface area contributed by atoms with Crippen molar-refractivity contribution in [3.05, 3.63) is 52.0 Å². The molecule has 1 aromatic carbocycles. The van der Waals surface area contributed by atoms with Crippen LogP contribution in [0.4, 0.5) is 4.39 Å². The Balaban J connectivity index is 2.01. The van der Waals surface area contributed by atoms with Crippen LogP contribution in [0, 0.1) is 5.82 Å². The van der Waals surface area contributed by atoms with Crippen LogP contribution in [0.25, 0.3) is 0 Å². The second kappa shape index (κ2) is 5.98. The van der Waals surface area contributed by atoms with E-state index in [0.29, 0.717) is 17.9 Å². The van der Waals surface area contributed by atoms with Gasteiger partial charge in [-0.1, -0.05) is 0 Å². The highest BCUT2D eigenvalue weighted by Gasteiger charge is 2.10. The van der Waals surface area contributed by atoms with E-state index in [2.05, 4.69) is 5.38 Å². The molecule has 0 fully saturated rings. The highest BCUT2D eigenvalue weighted by atomic mass is 32.1. The van der Waals surface area contributed by atoms with Crippen LogP contribution in [0.3, 0.4) is 0 Å². The normalized spacial score (nSPS) is 12.4. The molecule has 0 spiro atoms. The number of aliphatic hydroxyl groups excluding tert-OH is 1. The fraction of sp³-hybridized carbons (Fsp3) is 0.286. The van der Waals surface area contributed by atoms with Crippen molar-refractivity contribution >= 4 is 11.3 Å². The summed E-state index contributed by atoms with van der Waals surface area (Å²) in [5.74, 6) is 0.0603. The molecular formula is C14H15FO2S. The Morgan fingerprint density at radius 3 is 2.89 bits per heavy atom. The monoisotopic (exact) mass is 266 g/mol. The van der Waals surface area contributed by atoms with Crippen LogP contribution in [0.15, 0.2) is 35.0 Å². The van der Waals surface area contributed by atoms with E-state index in [1.807, 2.05) is 11.4 Å². The maximum absolute atomic E-state index is 13.2. The minimum Gasteiger partial charge on any atom is -0.493 e. The molecule has 96 valence electrons. The summed E-state index contributed by atoms with van der Waals surface area (Å²) < 4.78 is 18.7. The molecule has 0 bridgehead atoms. The van der Waals surface area contributed by atoms with Crippen molar-refractivity contribution in [2.75, 3.05) is 6.61 Å². The summed E-state index contributed by atoms with van der Waals surface area (Å²) >= 11 is 1.64. The number of benzene rings is 1. The summed E-state index contributed by atoms with van der Waals surface area (Å²) in [6, 6.07) is 6.23. The summed E-state index contributed by atoms with van der Waals surface area (Å²) in [6.07, 6.45) is 0.112. The fourth-order valence-corrected chi connectivity index (χ4v) is 2.40. The molecule has 0 saturated carbocycles. The summed E-state index contributed by atoms with van der Waals surface area (Å²) in [5, 5.41) is 13.7. The van der Waals surface area contributed by atoms with Crippen LogP contribution in [0.2, 0.25) is 0 Å². The van der Waals surface area contributed by atoms with Crippen molar-refractivity contribution < 1.29 is 14.2 Å². The van der Waals surface area contributed by atoms with E-state index in [9.17, 15) is 9.50 Å². The highest BCUT2D eigenvalue weighted by molar-refractivity contribution is 7.07. The van der Waals surface area contributed by atoms with Gasteiger partial charge in [0.25, 0.3) is 0 Å². The molecule has 0 radical (unpaired) electrons. The number of hydrogen-bond donors (Lipinski definition) is 1. The van der Waals surface area contributed by atoms with Crippen molar-refractivity contribution in [2.24, 2.45) is 0 Å². The van der Waals surface area contributed by atoms with Gasteiger partial charge in [-0.25, -0.2) is 4.39 Å². The lowest BCUT2D eigenvalue weighted by Crippen LogP contribution is -2.04. The third-order valence-corrected chi connectivity index (χ3v) is 3.39. The molecule has 0 aliphatic carbocycles. The van der Waals surface area contributed by atoms with Gasteiger partial charge in [0.1, 0.15) is 11.6 Å². The zero-order valence-corrected chi connectivity index (χ0v) is 10.9. The molecule has 2 aromatic rings. The molecule has 1 N–H and O–H groups in total. The van der Waals surface area contributed by atoms with Gasteiger partial charge < -0.3 is 9.84 Å². The van der Waals surface area contributed by atoms with Gasteiger partial charge in [-0.3, -0.25) is 0 Å². The van der Waals surface area contributed by atoms with Gasteiger partial charge in [0.2, 0.25) is 0 Å². The van der Waals surface area contributed by atoms with Crippen molar-refractivity contribution in [1.82, 2.24) is 0 Å². The van der Waals surface area contributed by atoms with Gasteiger partial charge in [0, 0.05) is 18.1 Å². The summed E-state index contributed by atoms with van der Waals surface area (Å²) in [4.78, 5) is 0. The Bertz CT molecular complexity index is 495. The van der Waals surface area contributed by atoms with Gasteiger partial charge in [0.05, 0.1) is 12.7 Å². The molecule has 2 nitrogen and oxygen atoms in total. The van der Waals surface area contributed by atoms with Crippen molar-refractivity contribution in [1.29, 1.82) is 0 Å². The number of thiophene rings is 1. The molecule has 0 amide bonds. The smallest absolute Gasteiger partial charge is 0.128 e. The molecule has 4 heteroatoms. The third kappa shape index (κ3) is 3.31. The Morgan fingerprint density at radius 1 is 1.39 bits per heavy atom. The Labute approximate surface area is 110 Å². The number of ether oxygens (including phenoxy) is 1. The molecule has 1 atom stereocenters. The van der Waals surface area contributed by atoms with E-state index in [1.165, 1.54) is 17.7 Å². The van der Waals surface area contributed by atoms with Crippen LogP contribution in [0.1, 0.15) is 24.2 Å². The SMILES string of the molecule is CC(O)c1ccc(F)cc1OCCc1ccsc1. The van der Waals surface area contributed by atoms with E-state index < -0.39 is 6.10 Å². The van der Waals surface area contributed by atoms with Crippen LogP contribution in [-0.4, -0.2) is 11.7 Å². The molecule has 1 heterocycles. The van der Waals surface area contributed by atoms with Crippen molar-refractivity contribution in [3.8, 4) is 5.75 Å². The number of hydrogen-bond acceptors (Lipinski definition) is 3. The second-order valence-corrected chi connectivity index (χ2v) is 4.87. The first-order valence-electron chi connectivity index (χ1n) is 5.78. The first-order chi connectivity index (χ1) is 8.66. The molecule has 1 aromatic heterocycles. The van der Waals surface area contributed by atoms with Crippen LogP contribution >= 0.6 is 11.3 Å². The Morgan fingerprint density at radius 2 is 2.22 bits per heavy atom. The number of halogens is 1. The molecular weight excluding hydrogens is 251 g/mol. The van der Waals surface area contributed by atoms with E-state index in [0.717, 1.165) is 6.42 Å². The molecule has 0 aliphatic heterocycles. The highest BCUT2D eigenvalue weighted by Crippen LogP contribution is 2.26. The van der Waals surface area contributed by atoms with Crippen LogP contribution in [-0.2, 0) is 6.42 Å². The summed E-state index contributed by atoms with van der Waals surface area (Å²) in [5.41, 5.74) is 1.82. The zero-order valence-electron chi connectivity index (χ0n) is 10.1. The standard InChI is InChI=1S/C14H15FO2S/c1-10(16)13-3-2-12(15)8-14(13)17-6-4-11-5-7-18-9-11/h2-3,5,7-10,16H,4,6H2,1H3. The van der Waals surface area contributed by atoms with E-state index in [4.69, 9.17) is 4.74 Å². The van der Waals surface area contributed by atoms with Crippen molar-refractivity contribution in [3.63, 3.8) is 0 Å². The Hall–Kier alpha value is -1.39. The summed E-state index contributed by atoms with van der Waals surface area (Å²) in [6.45, 7) is 2.11. The summed E-state index contributed by atoms with van der Waals surface area (Å²) in [7, 11) is 0.